The second-order valence-electron chi connectivity index (χ2n) is 9.05. The molecule has 0 aliphatic heterocycles. The Balaban J connectivity index is 1.44. The summed E-state index contributed by atoms with van der Waals surface area (Å²) in [4.78, 5) is 21.3. The average Bonchev–Trinajstić information content (AvgIpc) is 3.19. The third kappa shape index (κ3) is 3.28. The van der Waals surface area contributed by atoms with Crippen LogP contribution in [0.5, 0.6) is 0 Å². The average molecular weight is 351 g/mol. The van der Waals surface area contributed by atoms with Crippen molar-refractivity contribution in [2.75, 3.05) is 0 Å². The van der Waals surface area contributed by atoms with E-state index in [0.29, 0.717) is 23.5 Å². The first-order valence-electron chi connectivity index (χ1n) is 10.2. The Kier molecular flexibility index (Phi) is 4.81. The third-order valence-corrected chi connectivity index (χ3v) is 6.87. The van der Waals surface area contributed by atoms with Crippen molar-refractivity contribution in [1.29, 1.82) is 0 Å². The van der Waals surface area contributed by atoms with Gasteiger partial charge in [0.05, 0.1) is 0 Å². The number of aromatic nitrogens is 2. The number of carbonyl (C=O) groups is 1. The van der Waals surface area contributed by atoms with Gasteiger partial charge < -0.3 is 0 Å². The first-order valence-corrected chi connectivity index (χ1v) is 10.2. The van der Waals surface area contributed by atoms with Gasteiger partial charge in [-0.3, -0.25) is 4.79 Å². The lowest BCUT2D eigenvalue weighted by Crippen LogP contribution is -2.21. The zero-order valence-corrected chi connectivity index (χ0v) is 16.2. The molecule has 4 rings (SSSR count). The maximum Gasteiger partial charge on any atom is 0.159 e. The molecule has 138 valence electrons. The lowest BCUT2D eigenvalue weighted by Gasteiger charge is -2.21. The van der Waals surface area contributed by atoms with E-state index in [0.717, 1.165) is 23.9 Å². The van der Waals surface area contributed by atoms with Gasteiger partial charge in [0.25, 0.3) is 0 Å². The molecule has 2 aromatic rings. The van der Waals surface area contributed by atoms with Crippen LogP contribution in [0.3, 0.4) is 0 Å². The molecule has 3 unspecified atom stereocenters. The summed E-state index contributed by atoms with van der Waals surface area (Å²) in [6, 6.07) is 6.37. The van der Waals surface area contributed by atoms with Crippen molar-refractivity contribution >= 4 is 16.8 Å². The second-order valence-corrected chi connectivity index (χ2v) is 9.05. The summed E-state index contributed by atoms with van der Waals surface area (Å²) in [7, 11) is 0. The summed E-state index contributed by atoms with van der Waals surface area (Å²) in [5.74, 6) is 4.01. The molecule has 0 spiro atoms. The van der Waals surface area contributed by atoms with Crippen LogP contribution in [0.15, 0.2) is 30.6 Å². The summed E-state index contributed by atoms with van der Waals surface area (Å²) in [6.45, 7) is 6.47. The van der Waals surface area contributed by atoms with Crippen LogP contribution in [-0.2, 0) is 4.79 Å². The summed E-state index contributed by atoms with van der Waals surface area (Å²) in [5, 5.41) is 1.22. The van der Waals surface area contributed by atoms with Gasteiger partial charge in [0.15, 0.2) is 5.65 Å². The topological polar surface area (TPSA) is 42.9 Å². The van der Waals surface area contributed by atoms with Gasteiger partial charge in [-0.1, -0.05) is 20.8 Å². The summed E-state index contributed by atoms with van der Waals surface area (Å²) < 4.78 is 0. The molecule has 0 amide bonds. The van der Waals surface area contributed by atoms with E-state index in [4.69, 9.17) is 0 Å². The van der Waals surface area contributed by atoms with Gasteiger partial charge in [-0.25, -0.2) is 9.97 Å². The largest absolute Gasteiger partial charge is 0.299 e. The monoisotopic (exact) mass is 350 g/mol. The molecule has 0 N–H and O–H groups in total. The summed E-state index contributed by atoms with van der Waals surface area (Å²) in [6.07, 6.45) is 9.49. The highest BCUT2D eigenvalue weighted by Crippen LogP contribution is 2.54. The zero-order chi connectivity index (χ0) is 18.3. The first kappa shape index (κ1) is 17.6. The molecule has 0 aromatic carbocycles. The number of Topliss-reactive ketones (excluding diaryl/α,β-unsaturated/α-hetero) is 1. The van der Waals surface area contributed by atoms with E-state index in [2.05, 4.69) is 42.9 Å². The summed E-state index contributed by atoms with van der Waals surface area (Å²) >= 11 is 0. The van der Waals surface area contributed by atoms with Crippen molar-refractivity contribution in [2.45, 2.75) is 58.8 Å². The third-order valence-electron chi connectivity index (χ3n) is 6.87. The molecule has 2 fully saturated rings. The van der Waals surface area contributed by atoms with E-state index in [-0.39, 0.29) is 5.92 Å². The fourth-order valence-corrected chi connectivity index (χ4v) is 5.54. The van der Waals surface area contributed by atoms with Crippen molar-refractivity contribution in [3.05, 3.63) is 36.2 Å². The van der Waals surface area contributed by atoms with Gasteiger partial charge >= 0.3 is 0 Å². The second kappa shape index (κ2) is 7.09. The lowest BCUT2D eigenvalue weighted by molar-refractivity contribution is -0.124. The van der Waals surface area contributed by atoms with Crippen molar-refractivity contribution in [1.82, 2.24) is 9.97 Å². The predicted octanol–water partition coefficient (Wildman–Crippen LogP) is 5.40. The molecule has 0 radical (unpaired) electrons. The number of hydrogen-bond donors (Lipinski definition) is 0. The maximum atomic E-state index is 12.5. The van der Waals surface area contributed by atoms with Crippen molar-refractivity contribution in [2.24, 2.45) is 29.6 Å². The Morgan fingerprint density at radius 3 is 2.42 bits per heavy atom. The molecule has 2 aliphatic rings. The highest BCUT2D eigenvalue weighted by atomic mass is 16.1. The fraction of sp³-hybridized carbons (Fsp3) is 0.609. The summed E-state index contributed by atoms with van der Waals surface area (Å²) in [5.41, 5.74) is 2.30. The molecule has 5 atom stereocenters. The van der Waals surface area contributed by atoms with E-state index in [1.54, 1.807) is 0 Å². The fourth-order valence-electron chi connectivity index (χ4n) is 5.54. The van der Waals surface area contributed by atoms with Crippen molar-refractivity contribution in [3.8, 4) is 0 Å². The standard InChI is InChI=1S/C23H30N2O/c1-14(2)9-22(26)15(3)16-10-17-12-19(13-18(17)11-16)20-6-8-25-23-21(20)5-4-7-24-23/h4-8,14-19H,9-13H2,1-3H3/t15?,16?,17-,18+,19?. The van der Waals surface area contributed by atoms with E-state index in [9.17, 15) is 4.79 Å². The van der Waals surface area contributed by atoms with Gasteiger partial charge in [0.2, 0.25) is 0 Å². The molecular formula is C23H30N2O. The maximum absolute atomic E-state index is 12.5. The number of hydrogen-bond acceptors (Lipinski definition) is 3. The van der Waals surface area contributed by atoms with Crippen LogP contribution in [-0.4, -0.2) is 15.8 Å². The lowest BCUT2D eigenvalue weighted by atomic mass is 9.83. The Hall–Kier alpha value is -1.77. The van der Waals surface area contributed by atoms with E-state index >= 15 is 0 Å². The molecule has 2 heterocycles. The van der Waals surface area contributed by atoms with Crippen LogP contribution in [0, 0.1) is 29.6 Å². The Morgan fingerprint density at radius 1 is 1.04 bits per heavy atom. The normalized spacial score (nSPS) is 29.2. The molecular weight excluding hydrogens is 320 g/mol. The minimum Gasteiger partial charge on any atom is -0.299 e. The minimum atomic E-state index is 0.243. The molecule has 3 nitrogen and oxygen atoms in total. The molecule has 0 saturated heterocycles. The van der Waals surface area contributed by atoms with Gasteiger partial charge in [-0.15, -0.1) is 0 Å². The Labute approximate surface area is 156 Å². The molecule has 0 bridgehead atoms. The number of pyridine rings is 2. The van der Waals surface area contributed by atoms with Gasteiger partial charge in [0.1, 0.15) is 5.78 Å². The number of fused-ring (bicyclic) bond motifs is 2. The van der Waals surface area contributed by atoms with E-state index < -0.39 is 0 Å². The first-order chi connectivity index (χ1) is 12.5. The molecule has 26 heavy (non-hydrogen) atoms. The van der Waals surface area contributed by atoms with Gasteiger partial charge in [-0.2, -0.15) is 0 Å². The Bertz CT molecular complexity index is 780. The molecule has 2 saturated carbocycles. The molecule has 2 aliphatic carbocycles. The molecule has 2 aromatic heterocycles. The van der Waals surface area contributed by atoms with Crippen LogP contribution < -0.4 is 0 Å². The van der Waals surface area contributed by atoms with Crippen molar-refractivity contribution in [3.63, 3.8) is 0 Å². The van der Waals surface area contributed by atoms with Crippen molar-refractivity contribution < 1.29 is 4.79 Å². The highest BCUT2D eigenvalue weighted by molar-refractivity contribution is 5.81. The van der Waals surface area contributed by atoms with Crippen LogP contribution in [0.1, 0.15) is 64.4 Å². The quantitative estimate of drug-likeness (QED) is 0.725. The van der Waals surface area contributed by atoms with E-state index in [1.165, 1.54) is 36.6 Å². The van der Waals surface area contributed by atoms with Crippen LogP contribution >= 0.6 is 0 Å². The van der Waals surface area contributed by atoms with E-state index in [1.807, 2.05) is 18.5 Å². The van der Waals surface area contributed by atoms with Gasteiger partial charge in [-0.05, 0) is 79.0 Å². The predicted molar refractivity (Wildman–Crippen MR) is 105 cm³/mol. The van der Waals surface area contributed by atoms with Gasteiger partial charge in [0, 0.05) is 30.1 Å². The van der Waals surface area contributed by atoms with Crippen LogP contribution in [0.2, 0.25) is 0 Å². The minimum absolute atomic E-state index is 0.243. The smallest absolute Gasteiger partial charge is 0.159 e. The van der Waals surface area contributed by atoms with Crippen LogP contribution in [0.25, 0.3) is 11.0 Å². The Morgan fingerprint density at radius 2 is 1.73 bits per heavy atom. The SMILES string of the molecule is CC(C)CC(=O)C(C)C1C[C@H]2CC(c3ccnc4ncccc34)C[C@H]2C1. The van der Waals surface area contributed by atoms with Crippen LogP contribution in [0.4, 0.5) is 0 Å². The number of nitrogens with zero attached hydrogens (tertiary/aromatic N) is 2. The number of rotatable bonds is 5. The molecule has 3 heteroatoms. The highest BCUT2D eigenvalue weighted by Gasteiger charge is 2.44. The zero-order valence-electron chi connectivity index (χ0n) is 16.2. The number of ketones is 1. The number of carbonyl (C=O) groups excluding carboxylic acids is 1.